The van der Waals surface area contributed by atoms with E-state index >= 15 is 0 Å². The van der Waals surface area contributed by atoms with Crippen molar-refractivity contribution in [3.8, 4) is 0 Å². The number of rotatable bonds is 3. The number of hydrogen-bond donors (Lipinski definition) is 3. The molecule has 4 nitrogen and oxygen atoms in total. The number of nitrogen functional groups attached to an aromatic ring is 1. The second-order valence-corrected chi connectivity index (χ2v) is 3.76. The number of aromatic nitrogens is 1. The molecule has 0 spiro atoms. The van der Waals surface area contributed by atoms with E-state index in [4.69, 9.17) is 5.73 Å². The highest BCUT2D eigenvalue weighted by atomic mass is 79.9. The van der Waals surface area contributed by atoms with Gasteiger partial charge in [-0.25, -0.2) is 0 Å². The largest absolute Gasteiger partial charge is 0.397 e. The normalized spacial score (nSPS) is 15.1. The van der Waals surface area contributed by atoms with Gasteiger partial charge >= 0.3 is 0 Å². The Morgan fingerprint density at radius 1 is 1.57 bits per heavy atom. The predicted octanol–water partition coefficient (Wildman–Crippen LogP) is 0.761. The van der Waals surface area contributed by atoms with Crippen molar-refractivity contribution >= 4 is 21.6 Å². The quantitative estimate of drug-likeness (QED) is 0.702. The lowest BCUT2D eigenvalue weighted by molar-refractivity contribution is 0.0341. The predicted molar refractivity (Wildman–Crippen MR) is 58.1 cm³/mol. The Morgan fingerprint density at radius 2 is 2.21 bits per heavy atom. The van der Waals surface area contributed by atoms with Gasteiger partial charge in [0, 0.05) is 17.1 Å². The third-order valence-electron chi connectivity index (χ3n) is 2.01. The van der Waals surface area contributed by atoms with Gasteiger partial charge in [-0.05, 0) is 13.0 Å². The van der Waals surface area contributed by atoms with Gasteiger partial charge in [-0.1, -0.05) is 15.9 Å². The molecular formula is C9H13BrN2O2. The third-order valence-corrected chi connectivity index (χ3v) is 2.67. The smallest absolute Gasteiger partial charge is 0.107 e. The van der Waals surface area contributed by atoms with E-state index in [1.807, 2.05) is 0 Å². The molecule has 0 saturated heterocycles. The van der Waals surface area contributed by atoms with E-state index in [-0.39, 0.29) is 0 Å². The molecule has 1 aromatic rings. The zero-order valence-electron chi connectivity index (χ0n) is 7.81. The zero-order valence-corrected chi connectivity index (χ0v) is 9.40. The van der Waals surface area contributed by atoms with E-state index in [0.717, 1.165) is 0 Å². The molecule has 0 aromatic carbocycles. The van der Waals surface area contributed by atoms with Gasteiger partial charge in [0.2, 0.25) is 0 Å². The summed E-state index contributed by atoms with van der Waals surface area (Å²) in [6.45, 7) is 1.78. The summed E-state index contributed by atoms with van der Waals surface area (Å²) in [6, 6.07) is 1.62. The number of nitrogens with zero attached hydrogens (tertiary/aromatic N) is 1. The van der Waals surface area contributed by atoms with Crippen LogP contribution in [0.5, 0.6) is 0 Å². The zero-order chi connectivity index (χ0) is 10.7. The Bertz CT molecular complexity index is 320. The summed E-state index contributed by atoms with van der Waals surface area (Å²) in [6.07, 6.45) is -0.286. The molecule has 5 heteroatoms. The molecule has 0 aliphatic rings. The summed E-state index contributed by atoms with van der Waals surface area (Å²) in [5.41, 5.74) is 7.39. The van der Waals surface area contributed by atoms with Crippen molar-refractivity contribution in [3.05, 3.63) is 23.5 Å². The molecule has 0 radical (unpaired) electrons. The number of nitrogens with two attached hydrogens (primary N) is 1. The lowest BCUT2D eigenvalue weighted by Gasteiger charge is -2.16. The molecule has 1 aromatic heterocycles. The number of aliphatic hydroxyl groups is 2. The maximum absolute atomic E-state index is 9.63. The summed E-state index contributed by atoms with van der Waals surface area (Å²) in [4.78, 5) is 4.01. The number of halogens is 1. The fraction of sp³-hybridized carbons (Fsp3) is 0.444. The maximum Gasteiger partial charge on any atom is 0.107 e. The van der Waals surface area contributed by atoms with E-state index < -0.39 is 12.2 Å². The van der Waals surface area contributed by atoms with Crippen LogP contribution in [-0.2, 0) is 0 Å². The monoisotopic (exact) mass is 260 g/mol. The number of hydrogen-bond acceptors (Lipinski definition) is 4. The molecule has 0 amide bonds. The molecule has 0 bridgehead atoms. The molecule has 0 saturated carbocycles. The molecule has 2 atom stereocenters. The van der Waals surface area contributed by atoms with Crippen molar-refractivity contribution in [3.63, 3.8) is 0 Å². The average Bonchev–Trinajstić information content (AvgIpc) is 2.20. The highest BCUT2D eigenvalue weighted by Gasteiger charge is 2.17. The molecule has 0 aliphatic heterocycles. The average molecular weight is 261 g/mol. The standard InChI is InChI=1S/C9H13BrN2O2/c1-5-7(11)2-6(4-12-5)9(14)8(13)3-10/h2,4,8-9,13-14H,3,11H2,1H3. The van der Waals surface area contributed by atoms with Crippen molar-refractivity contribution in [2.24, 2.45) is 0 Å². The Balaban J connectivity index is 2.91. The van der Waals surface area contributed by atoms with Gasteiger partial charge in [0.15, 0.2) is 0 Å². The van der Waals surface area contributed by atoms with Crippen LogP contribution in [0, 0.1) is 6.92 Å². The van der Waals surface area contributed by atoms with Gasteiger partial charge in [-0.15, -0.1) is 0 Å². The topological polar surface area (TPSA) is 79.4 Å². The molecular weight excluding hydrogens is 248 g/mol. The molecule has 78 valence electrons. The first-order valence-electron chi connectivity index (χ1n) is 4.20. The van der Waals surface area contributed by atoms with Crippen LogP contribution in [0.15, 0.2) is 12.3 Å². The van der Waals surface area contributed by atoms with Crippen molar-refractivity contribution in [2.45, 2.75) is 19.1 Å². The number of alkyl halides is 1. The Hall–Kier alpha value is -0.650. The van der Waals surface area contributed by atoms with E-state index in [0.29, 0.717) is 22.3 Å². The van der Waals surface area contributed by atoms with Crippen LogP contribution >= 0.6 is 15.9 Å². The van der Waals surface area contributed by atoms with Crippen LogP contribution < -0.4 is 5.73 Å². The third kappa shape index (κ3) is 2.43. The fourth-order valence-corrected chi connectivity index (χ4v) is 1.39. The van der Waals surface area contributed by atoms with E-state index in [2.05, 4.69) is 20.9 Å². The lowest BCUT2D eigenvalue weighted by atomic mass is 10.1. The van der Waals surface area contributed by atoms with Crippen molar-refractivity contribution < 1.29 is 10.2 Å². The van der Waals surface area contributed by atoms with Crippen molar-refractivity contribution in [1.29, 1.82) is 0 Å². The Morgan fingerprint density at radius 3 is 2.71 bits per heavy atom. The number of anilines is 1. The van der Waals surface area contributed by atoms with Crippen LogP contribution in [0.2, 0.25) is 0 Å². The summed E-state index contributed by atoms with van der Waals surface area (Å²) in [5.74, 6) is 0. The van der Waals surface area contributed by atoms with Crippen LogP contribution in [-0.4, -0.2) is 26.6 Å². The molecule has 4 N–H and O–H groups in total. The van der Waals surface area contributed by atoms with Gasteiger partial charge in [0.25, 0.3) is 0 Å². The highest BCUT2D eigenvalue weighted by molar-refractivity contribution is 9.09. The van der Waals surface area contributed by atoms with Gasteiger partial charge < -0.3 is 15.9 Å². The van der Waals surface area contributed by atoms with Gasteiger partial charge in [0.1, 0.15) is 6.10 Å². The Labute approximate surface area is 90.9 Å². The molecule has 14 heavy (non-hydrogen) atoms. The molecule has 1 rings (SSSR count). The SMILES string of the molecule is Cc1ncc(C(O)C(O)CBr)cc1N. The number of aryl methyl sites for hydroxylation is 1. The second kappa shape index (κ2) is 4.72. The summed E-state index contributed by atoms with van der Waals surface area (Å²) in [5, 5.41) is 19.3. The van der Waals surface area contributed by atoms with Crippen LogP contribution in [0.4, 0.5) is 5.69 Å². The second-order valence-electron chi connectivity index (χ2n) is 3.11. The van der Waals surface area contributed by atoms with Gasteiger partial charge in [-0.2, -0.15) is 0 Å². The first kappa shape index (κ1) is 11.4. The van der Waals surface area contributed by atoms with E-state index in [9.17, 15) is 10.2 Å². The summed E-state index contributed by atoms with van der Waals surface area (Å²) >= 11 is 3.08. The maximum atomic E-state index is 9.63. The van der Waals surface area contributed by atoms with E-state index in [1.165, 1.54) is 6.20 Å². The summed E-state index contributed by atoms with van der Waals surface area (Å²) < 4.78 is 0. The van der Waals surface area contributed by atoms with Crippen LogP contribution in [0.25, 0.3) is 0 Å². The molecule has 0 fully saturated rings. The first-order valence-corrected chi connectivity index (χ1v) is 5.32. The van der Waals surface area contributed by atoms with Crippen LogP contribution in [0.1, 0.15) is 17.4 Å². The van der Waals surface area contributed by atoms with Gasteiger partial charge in [-0.3, -0.25) is 4.98 Å². The molecule has 2 unspecified atom stereocenters. The van der Waals surface area contributed by atoms with Crippen molar-refractivity contribution in [2.75, 3.05) is 11.1 Å². The minimum absolute atomic E-state index is 0.307. The number of pyridine rings is 1. The molecule has 0 aliphatic carbocycles. The molecule has 1 heterocycles. The number of aliphatic hydroxyl groups excluding tert-OH is 2. The summed E-state index contributed by atoms with van der Waals surface area (Å²) in [7, 11) is 0. The van der Waals surface area contributed by atoms with Gasteiger partial charge in [0.05, 0.1) is 17.5 Å². The highest BCUT2D eigenvalue weighted by Crippen LogP contribution is 2.20. The minimum Gasteiger partial charge on any atom is -0.397 e. The van der Waals surface area contributed by atoms with Crippen LogP contribution in [0.3, 0.4) is 0 Å². The van der Waals surface area contributed by atoms with E-state index in [1.54, 1.807) is 13.0 Å². The fourth-order valence-electron chi connectivity index (χ4n) is 1.04. The lowest BCUT2D eigenvalue weighted by Crippen LogP contribution is -2.19. The minimum atomic E-state index is -0.954. The first-order chi connectivity index (χ1) is 6.56. The van der Waals surface area contributed by atoms with Crippen molar-refractivity contribution in [1.82, 2.24) is 4.98 Å². The Kier molecular flexibility index (Phi) is 3.86.